The Morgan fingerprint density at radius 1 is 0.925 bits per heavy atom. The Kier molecular flexibility index (Phi) is 9.29. The van der Waals surface area contributed by atoms with Crippen LogP contribution in [-0.4, -0.2) is 59.5 Å². The summed E-state index contributed by atoms with van der Waals surface area (Å²) in [5, 5.41) is 10.1. The second-order valence-corrected chi connectivity index (χ2v) is 12.9. The average molecular weight is 563 g/mol. The maximum Gasteiger partial charge on any atom is 0.311 e. The largest absolute Gasteiger partial charge is 0.461 e. The van der Waals surface area contributed by atoms with Crippen molar-refractivity contribution in [3.05, 3.63) is 23.3 Å². The SMILES string of the molecule is C=C1[C@@H](OC(C)=O)CC[C@@]2(C)C[C@H](OC(C)=O)C3=C(C)C[C@H](OC(=O)[C@@H](C)C(C)O)[C@@H]([C@@H](OC(C)=O)[C@H]12)C3(C)C. The van der Waals surface area contributed by atoms with Crippen molar-refractivity contribution >= 4 is 23.9 Å². The van der Waals surface area contributed by atoms with E-state index in [1.807, 2.05) is 20.8 Å². The van der Waals surface area contributed by atoms with Crippen LogP contribution in [0.25, 0.3) is 0 Å². The third kappa shape index (κ3) is 6.14. The van der Waals surface area contributed by atoms with Crippen molar-refractivity contribution in [1.29, 1.82) is 0 Å². The highest BCUT2D eigenvalue weighted by Gasteiger charge is 2.61. The van der Waals surface area contributed by atoms with E-state index >= 15 is 0 Å². The van der Waals surface area contributed by atoms with Gasteiger partial charge in [-0.05, 0) is 62.0 Å². The molecule has 9 nitrogen and oxygen atoms in total. The zero-order valence-electron chi connectivity index (χ0n) is 25.4. The van der Waals surface area contributed by atoms with Gasteiger partial charge in [0, 0.05) is 39.0 Å². The molecule has 2 fully saturated rings. The number of hydrogen-bond acceptors (Lipinski definition) is 9. The highest BCUT2D eigenvalue weighted by molar-refractivity contribution is 5.73. The third-order valence-corrected chi connectivity index (χ3v) is 9.37. The second-order valence-electron chi connectivity index (χ2n) is 12.9. The lowest BCUT2D eigenvalue weighted by atomic mass is 9.50. The van der Waals surface area contributed by atoms with Gasteiger partial charge in [-0.2, -0.15) is 0 Å². The molecule has 1 unspecified atom stereocenters. The number of fused-ring (bicyclic) bond motifs is 3. The fraction of sp³-hybridized carbons (Fsp3) is 0.742. The zero-order chi connectivity index (χ0) is 30.3. The molecule has 2 bridgehead atoms. The molecule has 9 atom stereocenters. The van der Waals surface area contributed by atoms with Crippen LogP contribution in [-0.2, 0) is 38.1 Å². The van der Waals surface area contributed by atoms with Crippen molar-refractivity contribution in [1.82, 2.24) is 0 Å². The molecule has 0 saturated heterocycles. The Hall–Kier alpha value is -2.68. The van der Waals surface area contributed by atoms with Gasteiger partial charge in [0.15, 0.2) is 0 Å². The van der Waals surface area contributed by atoms with Crippen LogP contribution >= 0.6 is 0 Å². The van der Waals surface area contributed by atoms with Crippen LogP contribution < -0.4 is 0 Å². The van der Waals surface area contributed by atoms with E-state index in [4.69, 9.17) is 18.9 Å². The summed E-state index contributed by atoms with van der Waals surface area (Å²) in [6.07, 6.45) is -1.55. The summed E-state index contributed by atoms with van der Waals surface area (Å²) in [7, 11) is 0. The van der Waals surface area contributed by atoms with Gasteiger partial charge >= 0.3 is 23.9 Å². The minimum Gasteiger partial charge on any atom is -0.461 e. The van der Waals surface area contributed by atoms with E-state index in [1.54, 1.807) is 6.92 Å². The lowest BCUT2D eigenvalue weighted by Crippen LogP contribution is -2.60. The van der Waals surface area contributed by atoms with Crippen LogP contribution in [0.4, 0.5) is 0 Å². The number of esters is 4. The molecule has 0 radical (unpaired) electrons. The molecular weight excluding hydrogens is 516 g/mol. The van der Waals surface area contributed by atoms with E-state index in [0.29, 0.717) is 31.3 Å². The number of carbonyl (C=O) groups excluding carboxylic acids is 4. The summed E-state index contributed by atoms with van der Waals surface area (Å²) in [5.41, 5.74) is 1.23. The fourth-order valence-electron chi connectivity index (χ4n) is 7.60. The molecule has 3 aliphatic carbocycles. The molecule has 3 rings (SSSR count). The maximum absolute atomic E-state index is 13.2. The van der Waals surface area contributed by atoms with Gasteiger partial charge in [-0.3, -0.25) is 19.2 Å². The molecule has 0 spiro atoms. The number of ether oxygens (including phenoxy) is 4. The Morgan fingerprint density at radius 3 is 2.00 bits per heavy atom. The summed E-state index contributed by atoms with van der Waals surface area (Å²) in [4.78, 5) is 50.2. The lowest BCUT2D eigenvalue weighted by molar-refractivity contribution is -0.189. The van der Waals surface area contributed by atoms with Gasteiger partial charge in [-0.25, -0.2) is 0 Å². The van der Waals surface area contributed by atoms with E-state index in [2.05, 4.69) is 13.5 Å². The maximum atomic E-state index is 13.2. The van der Waals surface area contributed by atoms with Crippen molar-refractivity contribution in [3.63, 3.8) is 0 Å². The summed E-state index contributed by atoms with van der Waals surface area (Å²) in [5.74, 6) is -3.65. The Bertz CT molecular complexity index is 1090. The zero-order valence-corrected chi connectivity index (χ0v) is 25.4. The fourth-order valence-corrected chi connectivity index (χ4v) is 7.60. The van der Waals surface area contributed by atoms with Gasteiger partial charge in [0.05, 0.1) is 12.0 Å². The summed E-state index contributed by atoms with van der Waals surface area (Å²) >= 11 is 0. The number of hydrogen-bond donors (Lipinski definition) is 1. The quantitative estimate of drug-likeness (QED) is 0.284. The smallest absolute Gasteiger partial charge is 0.311 e. The molecule has 0 heterocycles. The summed E-state index contributed by atoms with van der Waals surface area (Å²) in [6, 6.07) is 0. The monoisotopic (exact) mass is 562 g/mol. The van der Waals surface area contributed by atoms with E-state index in [9.17, 15) is 24.3 Å². The number of carbonyl (C=O) groups is 4. The van der Waals surface area contributed by atoms with E-state index in [-0.39, 0.29) is 0 Å². The molecule has 0 amide bonds. The molecule has 0 aromatic rings. The molecule has 2 saturated carbocycles. The number of aliphatic hydroxyl groups excluding tert-OH is 1. The lowest BCUT2D eigenvalue weighted by Gasteiger charge is -2.58. The van der Waals surface area contributed by atoms with Gasteiger partial charge in [0.25, 0.3) is 0 Å². The molecule has 1 N–H and O–H groups in total. The van der Waals surface area contributed by atoms with Crippen LogP contribution in [0.15, 0.2) is 23.3 Å². The molecule has 9 heteroatoms. The normalized spacial score (nSPS) is 34.8. The number of rotatable bonds is 6. The predicted octanol–water partition coefficient (Wildman–Crippen LogP) is 4.45. The molecule has 224 valence electrons. The Morgan fingerprint density at radius 2 is 1.48 bits per heavy atom. The first-order chi connectivity index (χ1) is 18.4. The highest BCUT2D eigenvalue weighted by atomic mass is 16.6. The predicted molar refractivity (Wildman–Crippen MR) is 147 cm³/mol. The van der Waals surface area contributed by atoms with E-state index in [0.717, 1.165) is 11.1 Å². The van der Waals surface area contributed by atoms with Gasteiger partial charge < -0.3 is 24.1 Å². The number of aliphatic hydroxyl groups is 1. The average Bonchev–Trinajstić information content (AvgIpc) is 2.77. The first kappa shape index (κ1) is 31.8. The first-order valence-electron chi connectivity index (χ1n) is 14.2. The molecule has 0 aromatic heterocycles. The molecule has 3 aliphatic rings. The summed E-state index contributed by atoms with van der Waals surface area (Å²) in [6.45, 7) is 19.6. The molecule has 0 aliphatic heterocycles. The van der Waals surface area contributed by atoms with E-state index in [1.165, 1.54) is 27.7 Å². The molecule has 40 heavy (non-hydrogen) atoms. The molecular formula is C31H46O9. The Balaban J connectivity index is 2.27. The third-order valence-electron chi connectivity index (χ3n) is 9.37. The topological polar surface area (TPSA) is 125 Å². The van der Waals surface area contributed by atoms with E-state index < -0.39 is 83.0 Å². The second kappa shape index (κ2) is 11.7. The minimum atomic E-state index is -0.905. The van der Waals surface area contributed by atoms with Crippen LogP contribution in [0.1, 0.15) is 88.0 Å². The van der Waals surface area contributed by atoms with Gasteiger partial charge in [0.2, 0.25) is 0 Å². The van der Waals surface area contributed by atoms with Crippen LogP contribution in [0.3, 0.4) is 0 Å². The van der Waals surface area contributed by atoms with Gasteiger partial charge in [-0.1, -0.05) is 32.9 Å². The van der Waals surface area contributed by atoms with Crippen LogP contribution in [0.2, 0.25) is 0 Å². The van der Waals surface area contributed by atoms with Crippen molar-refractivity contribution in [2.75, 3.05) is 0 Å². The van der Waals surface area contributed by atoms with Crippen LogP contribution in [0.5, 0.6) is 0 Å². The first-order valence-corrected chi connectivity index (χ1v) is 14.2. The van der Waals surface area contributed by atoms with Crippen LogP contribution in [0, 0.1) is 28.6 Å². The van der Waals surface area contributed by atoms with Crippen molar-refractivity contribution < 1.29 is 43.2 Å². The Labute approximate surface area is 237 Å². The molecule has 0 aromatic carbocycles. The highest BCUT2D eigenvalue weighted by Crippen LogP contribution is 2.60. The minimum absolute atomic E-state index is 0.348. The van der Waals surface area contributed by atoms with Gasteiger partial charge in [-0.15, -0.1) is 0 Å². The van der Waals surface area contributed by atoms with Crippen molar-refractivity contribution in [2.24, 2.45) is 28.6 Å². The standard InChI is InChI=1S/C31H46O9/c1-15-13-23(40-29(36)16(2)18(4)32)27-28(39-21(7)35)26-17(3)22(37-19(5)33)11-12-31(26,10)14-24(38-20(6)34)25(15)30(27,8)9/h16,18,22-24,26-28,32H,3,11-14H2,1-2,4-10H3/t16-,18?,22-,23-,24-,26-,27-,28-,31-/m0/s1. The van der Waals surface area contributed by atoms with Gasteiger partial charge in [0.1, 0.15) is 24.4 Å². The van der Waals surface area contributed by atoms with Crippen molar-refractivity contribution in [3.8, 4) is 0 Å². The van der Waals surface area contributed by atoms with Crippen molar-refractivity contribution in [2.45, 2.75) is 119 Å². The summed E-state index contributed by atoms with van der Waals surface area (Å²) < 4.78 is 23.9.